The summed E-state index contributed by atoms with van der Waals surface area (Å²) in [6.45, 7) is 4.50. The largest absolute Gasteiger partial charge is 0.508 e. The molecule has 0 aromatic heterocycles. The number of phenols is 1. The zero-order valence-electron chi connectivity index (χ0n) is 14.5. The highest BCUT2D eigenvalue weighted by Crippen LogP contribution is 2.56. The van der Waals surface area contributed by atoms with Crippen LogP contribution in [0.1, 0.15) is 50.2 Å². The monoisotopic (exact) mass is 325 g/mol. The lowest BCUT2D eigenvalue weighted by molar-refractivity contribution is -0.132. The Morgan fingerprint density at radius 3 is 2.96 bits per heavy atom. The normalized spacial score (nSPS) is 38.5. The SMILES string of the molecule is C[C@@H]1C[C@@H]2C3Cc4ccc(O)cc4C2(CCN3CC2CC2)CC1=O. The fourth-order valence-corrected chi connectivity index (χ4v) is 5.91. The third-order valence-corrected chi connectivity index (χ3v) is 7.38. The molecule has 1 aliphatic heterocycles. The van der Waals surface area contributed by atoms with E-state index in [4.69, 9.17) is 0 Å². The van der Waals surface area contributed by atoms with E-state index in [0.717, 1.165) is 31.7 Å². The molecule has 1 saturated heterocycles. The molecule has 4 aliphatic rings. The number of ketones is 1. The second-order valence-electron chi connectivity index (χ2n) is 8.84. The summed E-state index contributed by atoms with van der Waals surface area (Å²) in [5.74, 6) is 2.47. The second-order valence-corrected chi connectivity index (χ2v) is 8.84. The minimum atomic E-state index is -0.0133. The summed E-state index contributed by atoms with van der Waals surface area (Å²) in [5.41, 5.74) is 2.65. The van der Waals surface area contributed by atoms with Gasteiger partial charge in [0.1, 0.15) is 11.5 Å². The van der Waals surface area contributed by atoms with Crippen LogP contribution in [-0.2, 0) is 16.6 Å². The van der Waals surface area contributed by atoms with Crippen molar-refractivity contribution < 1.29 is 9.90 Å². The number of carbonyl (C=O) groups excluding carboxylic acids is 1. The lowest BCUT2D eigenvalue weighted by Gasteiger charge is -2.59. The van der Waals surface area contributed by atoms with Crippen molar-refractivity contribution in [2.75, 3.05) is 13.1 Å². The number of phenolic OH excluding ortho intramolecular Hbond substituents is 1. The minimum Gasteiger partial charge on any atom is -0.508 e. The molecule has 1 N–H and O–H groups in total. The van der Waals surface area contributed by atoms with Gasteiger partial charge in [0.05, 0.1) is 0 Å². The van der Waals surface area contributed by atoms with E-state index in [1.54, 1.807) is 0 Å². The first-order valence-electron chi connectivity index (χ1n) is 9.66. The van der Waals surface area contributed by atoms with Gasteiger partial charge in [-0.15, -0.1) is 0 Å². The van der Waals surface area contributed by atoms with Crippen LogP contribution in [0, 0.1) is 17.8 Å². The van der Waals surface area contributed by atoms with Crippen LogP contribution in [0.4, 0.5) is 0 Å². The lowest BCUT2D eigenvalue weighted by Crippen LogP contribution is -2.63. The average Bonchev–Trinajstić information content (AvgIpc) is 3.36. The first kappa shape index (κ1) is 14.9. The number of benzene rings is 1. The van der Waals surface area contributed by atoms with E-state index in [0.29, 0.717) is 29.9 Å². The summed E-state index contributed by atoms with van der Waals surface area (Å²) >= 11 is 0. The summed E-state index contributed by atoms with van der Waals surface area (Å²) in [6, 6.07) is 6.49. The van der Waals surface area contributed by atoms with Crippen LogP contribution < -0.4 is 0 Å². The highest BCUT2D eigenvalue weighted by atomic mass is 16.3. The van der Waals surface area contributed by atoms with Crippen molar-refractivity contribution in [2.24, 2.45) is 17.8 Å². The van der Waals surface area contributed by atoms with Gasteiger partial charge in [-0.1, -0.05) is 13.0 Å². The molecular weight excluding hydrogens is 298 g/mol. The number of hydrogen-bond donors (Lipinski definition) is 1. The van der Waals surface area contributed by atoms with Crippen LogP contribution in [-0.4, -0.2) is 34.9 Å². The Morgan fingerprint density at radius 1 is 1.33 bits per heavy atom. The Bertz CT molecular complexity index is 695. The van der Waals surface area contributed by atoms with Gasteiger partial charge in [-0.2, -0.15) is 0 Å². The molecule has 4 atom stereocenters. The van der Waals surface area contributed by atoms with Crippen LogP contribution in [0.3, 0.4) is 0 Å². The standard InChI is InChI=1S/C21H27NO2/c1-13-8-18-19-9-15-4-5-16(23)10-17(15)21(18,11-20(13)24)6-7-22(19)12-14-2-3-14/h4-5,10,13-14,18-19,23H,2-3,6-9,11-12H2,1H3/t13-,18-,19?,21?/m1/s1. The van der Waals surface area contributed by atoms with Crippen LogP contribution in [0.15, 0.2) is 18.2 Å². The van der Waals surface area contributed by atoms with E-state index < -0.39 is 0 Å². The van der Waals surface area contributed by atoms with Crippen molar-refractivity contribution in [2.45, 2.75) is 56.9 Å². The summed E-state index contributed by atoms with van der Waals surface area (Å²) in [5, 5.41) is 10.1. The fourth-order valence-electron chi connectivity index (χ4n) is 5.91. The van der Waals surface area contributed by atoms with Crippen molar-refractivity contribution in [1.29, 1.82) is 0 Å². The molecule has 0 amide bonds. The van der Waals surface area contributed by atoms with Gasteiger partial charge in [-0.3, -0.25) is 9.69 Å². The maximum absolute atomic E-state index is 12.6. The Kier molecular flexibility index (Phi) is 3.16. The number of hydrogen-bond acceptors (Lipinski definition) is 3. The van der Waals surface area contributed by atoms with E-state index >= 15 is 0 Å². The van der Waals surface area contributed by atoms with E-state index in [9.17, 15) is 9.90 Å². The molecule has 3 fully saturated rings. The van der Waals surface area contributed by atoms with Gasteiger partial charge in [-0.05, 0) is 73.7 Å². The molecule has 3 nitrogen and oxygen atoms in total. The first-order chi connectivity index (χ1) is 11.6. The van der Waals surface area contributed by atoms with Gasteiger partial charge in [0.2, 0.25) is 0 Å². The summed E-state index contributed by atoms with van der Waals surface area (Å²) in [6.07, 6.45) is 6.69. The second kappa shape index (κ2) is 5.08. The molecule has 2 bridgehead atoms. The van der Waals surface area contributed by atoms with E-state index in [-0.39, 0.29) is 11.3 Å². The van der Waals surface area contributed by atoms with Crippen molar-refractivity contribution in [3.63, 3.8) is 0 Å². The summed E-state index contributed by atoms with van der Waals surface area (Å²) in [7, 11) is 0. The highest BCUT2D eigenvalue weighted by molar-refractivity contribution is 5.83. The van der Waals surface area contributed by atoms with Gasteiger partial charge in [0, 0.05) is 30.3 Å². The quantitative estimate of drug-likeness (QED) is 0.907. The Hall–Kier alpha value is -1.35. The van der Waals surface area contributed by atoms with Gasteiger partial charge in [0.25, 0.3) is 0 Å². The molecule has 5 rings (SSSR count). The summed E-state index contributed by atoms with van der Waals surface area (Å²) < 4.78 is 0. The van der Waals surface area contributed by atoms with Gasteiger partial charge >= 0.3 is 0 Å². The maximum atomic E-state index is 12.6. The van der Waals surface area contributed by atoms with Crippen molar-refractivity contribution >= 4 is 5.78 Å². The number of piperidine rings is 1. The van der Waals surface area contributed by atoms with E-state index in [1.807, 2.05) is 12.1 Å². The van der Waals surface area contributed by atoms with Crippen LogP contribution in [0.5, 0.6) is 5.75 Å². The van der Waals surface area contributed by atoms with E-state index in [1.165, 1.54) is 30.5 Å². The van der Waals surface area contributed by atoms with Gasteiger partial charge in [0.15, 0.2) is 0 Å². The highest BCUT2D eigenvalue weighted by Gasteiger charge is 2.57. The van der Waals surface area contributed by atoms with Crippen molar-refractivity contribution in [3.05, 3.63) is 29.3 Å². The molecule has 0 spiro atoms. The van der Waals surface area contributed by atoms with Crippen molar-refractivity contribution in [1.82, 2.24) is 4.90 Å². The Balaban J connectivity index is 1.60. The number of likely N-dealkylation sites (tertiary alicyclic amines) is 1. The molecule has 128 valence electrons. The third kappa shape index (κ3) is 2.10. The average molecular weight is 325 g/mol. The first-order valence-corrected chi connectivity index (χ1v) is 9.66. The van der Waals surface area contributed by atoms with Gasteiger partial charge < -0.3 is 5.11 Å². The smallest absolute Gasteiger partial charge is 0.136 e. The molecule has 1 heterocycles. The third-order valence-electron chi connectivity index (χ3n) is 7.38. The molecule has 1 aromatic rings. The number of Topliss-reactive ketones (excluding diaryl/α,β-unsaturated/α-hetero) is 1. The molecule has 2 saturated carbocycles. The number of carbonyl (C=O) groups is 1. The lowest BCUT2D eigenvalue weighted by atomic mass is 9.50. The zero-order chi connectivity index (χ0) is 16.5. The molecule has 2 unspecified atom stereocenters. The van der Waals surface area contributed by atoms with Crippen LogP contribution in [0.25, 0.3) is 0 Å². The molecular formula is C21H27NO2. The molecule has 3 heteroatoms. The van der Waals surface area contributed by atoms with Crippen LogP contribution in [0.2, 0.25) is 0 Å². The predicted molar refractivity (Wildman–Crippen MR) is 93.1 cm³/mol. The molecule has 0 radical (unpaired) electrons. The number of rotatable bonds is 2. The molecule has 1 aromatic carbocycles. The van der Waals surface area contributed by atoms with Gasteiger partial charge in [-0.25, -0.2) is 0 Å². The van der Waals surface area contributed by atoms with E-state index in [2.05, 4.69) is 17.9 Å². The summed E-state index contributed by atoms with van der Waals surface area (Å²) in [4.78, 5) is 15.4. The predicted octanol–water partition coefficient (Wildman–Crippen LogP) is 3.29. The number of fused-ring (bicyclic) bond motifs is 1. The molecule has 3 aliphatic carbocycles. The molecule has 24 heavy (non-hydrogen) atoms. The zero-order valence-corrected chi connectivity index (χ0v) is 14.5. The fraction of sp³-hybridized carbons (Fsp3) is 0.667. The number of nitrogens with zero attached hydrogens (tertiary/aromatic N) is 1. The van der Waals surface area contributed by atoms with Crippen LogP contribution >= 0.6 is 0 Å². The Labute approximate surface area is 144 Å². The topological polar surface area (TPSA) is 40.5 Å². The Morgan fingerprint density at radius 2 is 2.17 bits per heavy atom. The maximum Gasteiger partial charge on any atom is 0.136 e. The number of aromatic hydroxyl groups is 1. The minimum absolute atomic E-state index is 0.0133. The van der Waals surface area contributed by atoms with Crippen molar-refractivity contribution in [3.8, 4) is 5.75 Å².